The van der Waals surface area contributed by atoms with Gasteiger partial charge < -0.3 is 5.73 Å². The lowest BCUT2D eigenvalue weighted by atomic mass is 9.82. The minimum absolute atomic E-state index is 0.0805. The zero-order chi connectivity index (χ0) is 14.1. The largest absolute Gasteiger partial charge is 0.325 e. The third kappa shape index (κ3) is 5.92. The van der Waals surface area contributed by atoms with Gasteiger partial charge in [-0.15, -0.1) is 6.58 Å². The second-order valence-electron chi connectivity index (χ2n) is 5.42. The highest BCUT2D eigenvalue weighted by atomic mass is 79.9. The van der Waals surface area contributed by atoms with Crippen LogP contribution in [-0.4, -0.2) is 5.54 Å². The number of halogens is 1. The van der Waals surface area contributed by atoms with Gasteiger partial charge in [0.25, 0.3) is 0 Å². The molecular formula is C17H26BrN. The molecule has 106 valence electrons. The van der Waals surface area contributed by atoms with Gasteiger partial charge in [-0.25, -0.2) is 0 Å². The average molecular weight is 324 g/mol. The minimum Gasteiger partial charge on any atom is -0.325 e. The van der Waals surface area contributed by atoms with E-state index in [2.05, 4.69) is 53.7 Å². The molecule has 0 saturated carbocycles. The van der Waals surface area contributed by atoms with Gasteiger partial charge in [-0.3, -0.25) is 0 Å². The molecule has 1 aromatic carbocycles. The number of rotatable bonds is 9. The van der Waals surface area contributed by atoms with E-state index in [4.69, 9.17) is 5.73 Å². The topological polar surface area (TPSA) is 26.0 Å². The first-order valence-electron chi connectivity index (χ1n) is 7.24. The Labute approximate surface area is 126 Å². The normalized spacial score (nSPS) is 14.1. The number of hydrogen-bond acceptors (Lipinski definition) is 1. The van der Waals surface area contributed by atoms with Crippen molar-refractivity contribution in [3.05, 3.63) is 47.0 Å². The van der Waals surface area contributed by atoms with E-state index < -0.39 is 0 Å². The van der Waals surface area contributed by atoms with Crippen molar-refractivity contribution in [2.45, 2.75) is 57.4 Å². The summed E-state index contributed by atoms with van der Waals surface area (Å²) < 4.78 is 1.17. The van der Waals surface area contributed by atoms with E-state index in [9.17, 15) is 0 Å². The molecule has 0 heterocycles. The maximum Gasteiger partial charge on any atom is 0.0207 e. The zero-order valence-electron chi connectivity index (χ0n) is 12.0. The molecule has 0 radical (unpaired) electrons. The fraction of sp³-hybridized carbons (Fsp3) is 0.529. The van der Waals surface area contributed by atoms with Crippen LogP contribution < -0.4 is 5.73 Å². The molecule has 0 spiro atoms. The van der Waals surface area contributed by atoms with Crippen LogP contribution >= 0.6 is 15.9 Å². The van der Waals surface area contributed by atoms with Crippen LogP contribution in [0.3, 0.4) is 0 Å². The summed E-state index contributed by atoms with van der Waals surface area (Å²) in [5, 5.41) is 0. The van der Waals surface area contributed by atoms with Gasteiger partial charge in [-0.05, 0) is 43.7 Å². The molecule has 1 nitrogen and oxygen atoms in total. The van der Waals surface area contributed by atoms with E-state index in [0.717, 1.165) is 32.1 Å². The zero-order valence-corrected chi connectivity index (χ0v) is 13.6. The highest BCUT2D eigenvalue weighted by Crippen LogP contribution is 2.27. The molecule has 0 bridgehead atoms. The van der Waals surface area contributed by atoms with E-state index >= 15 is 0 Å². The summed E-state index contributed by atoms with van der Waals surface area (Å²) in [6, 6.07) is 8.41. The van der Waals surface area contributed by atoms with Crippen molar-refractivity contribution in [2.75, 3.05) is 0 Å². The molecule has 0 aliphatic carbocycles. The fourth-order valence-electron chi connectivity index (χ4n) is 2.45. The first-order valence-corrected chi connectivity index (χ1v) is 8.04. The summed E-state index contributed by atoms with van der Waals surface area (Å²) in [6.07, 6.45) is 9.70. The van der Waals surface area contributed by atoms with Crippen molar-refractivity contribution in [2.24, 2.45) is 5.73 Å². The Balaban J connectivity index is 2.72. The Bertz CT molecular complexity index is 389. The second kappa shape index (κ2) is 8.55. The first-order chi connectivity index (χ1) is 9.11. The predicted octanol–water partition coefficient (Wildman–Crippen LogP) is 5.24. The lowest BCUT2D eigenvalue weighted by molar-refractivity contribution is 0.343. The molecule has 1 atom stereocenters. The van der Waals surface area contributed by atoms with Gasteiger partial charge in [0.05, 0.1) is 0 Å². The van der Waals surface area contributed by atoms with Crippen LogP contribution in [0.4, 0.5) is 0 Å². The molecule has 0 aromatic heterocycles. The standard InChI is InChI=1S/C17H26BrN/c1-3-5-9-13-17(19,12-6-4-2)14-15-10-7-8-11-16(15)18/h3,7-8,10-11H,1,4-6,9,12-14,19H2,2H3/t17-/m0/s1. The number of nitrogens with two attached hydrogens (primary N) is 1. The Morgan fingerprint density at radius 1 is 1.26 bits per heavy atom. The molecule has 1 aromatic rings. The summed E-state index contributed by atoms with van der Waals surface area (Å²) >= 11 is 3.63. The number of unbranched alkanes of at least 4 members (excludes halogenated alkanes) is 2. The SMILES string of the molecule is C=CCCC[C@@](N)(CCCC)Cc1ccccc1Br. The highest BCUT2D eigenvalue weighted by Gasteiger charge is 2.24. The maximum absolute atomic E-state index is 6.67. The Hall–Kier alpha value is -0.600. The fourth-order valence-corrected chi connectivity index (χ4v) is 2.88. The van der Waals surface area contributed by atoms with Crippen molar-refractivity contribution in [1.82, 2.24) is 0 Å². The van der Waals surface area contributed by atoms with Gasteiger partial charge in [0.15, 0.2) is 0 Å². The predicted molar refractivity (Wildman–Crippen MR) is 88.3 cm³/mol. The van der Waals surface area contributed by atoms with Crippen molar-refractivity contribution in [1.29, 1.82) is 0 Å². The minimum atomic E-state index is -0.0805. The van der Waals surface area contributed by atoms with Gasteiger partial charge in [0.1, 0.15) is 0 Å². The van der Waals surface area contributed by atoms with Crippen LogP contribution in [0, 0.1) is 0 Å². The van der Waals surface area contributed by atoms with Crippen LogP contribution in [0.1, 0.15) is 51.0 Å². The highest BCUT2D eigenvalue weighted by molar-refractivity contribution is 9.10. The molecule has 0 amide bonds. The molecular weight excluding hydrogens is 298 g/mol. The Morgan fingerprint density at radius 3 is 2.58 bits per heavy atom. The van der Waals surface area contributed by atoms with Crippen molar-refractivity contribution >= 4 is 15.9 Å². The second-order valence-corrected chi connectivity index (χ2v) is 6.27. The third-order valence-corrected chi connectivity index (χ3v) is 4.39. The first kappa shape index (κ1) is 16.5. The van der Waals surface area contributed by atoms with Crippen LogP contribution in [0.2, 0.25) is 0 Å². The molecule has 0 saturated heterocycles. The van der Waals surface area contributed by atoms with Gasteiger partial charge in [0, 0.05) is 10.0 Å². The molecule has 0 unspecified atom stereocenters. The van der Waals surface area contributed by atoms with Gasteiger partial charge in [-0.1, -0.05) is 60.0 Å². The molecule has 0 aliphatic rings. The monoisotopic (exact) mass is 323 g/mol. The van der Waals surface area contributed by atoms with E-state index in [0.29, 0.717) is 0 Å². The number of allylic oxidation sites excluding steroid dienone is 1. The average Bonchev–Trinajstić information content (AvgIpc) is 2.40. The van der Waals surface area contributed by atoms with Crippen molar-refractivity contribution < 1.29 is 0 Å². The lowest BCUT2D eigenvalue weighted by Gasteiger charge is -2.30. The van der Waals surface area contributed by atoms with Gasteiger partial charge in [0.2, 0.25) is 0 Å². The van der Waals surface area contributed by atoms with Gasteiger partial charge >= 0.3 is 0 Å². The summed E-state index contributed by atoms with van der Waals surface area (Å²) in [5.74, 6) is 0. The van der Waals surface area contributed by atoms with Crippen LogP contribution in [0.25, 0.3) is 0 Å². The lowest BCUT2D eigenvalue weighted by Crippen LogP contribution is -2.42. The Kier molecular flexibility index (Phi) is 7.40. The summed E-state index contributed by atoms with van der Waals surface area (Å²) in [7, 11) is 0. The summed E-state index contributed by atoms with van der Waals surface area (Å²) in [6.45, 7) is 6.02. The van der Waals surface area contributed by atoms with E-state index in [1.807, 2.05) is 6.08 Å². The quantitative estimate of drug-likeness (QED) is 0.488. The van der Waals surface area contributed by atoms with Gasteiger partial charge in [-0.2, -0.15) is 0 Å². The van der Waals surface area contributed by atoms with Crippen molar-refractivity contribution in [3.63, 3.8) is 0 Å². The van der Waals surface area contributed by atoms with Crippen LogP contribution in [-0.2, 0) is 6.42 Å². The smallest absolute Gasteiger partial charge is 0.0207 e. The molecule has 1 rings (SSSR count). The van der Waals surface area contributed by atoms with Crippen LogP contribution in [0.15, 0.2) is 41.4 Å². The summed E-state index contributed by atoms with van der Waals surface area (Å²) in [5.41, 5.74) is 7.91. The maximum atomic E-state index is 6.67. The molecule has 19 heavy (non-hydrogen) atoms. The molecule has 0 fully saturated rings. The summed E-state index contributed by atoms with van der Waals surface area (Å²) in [4.78, 5) is 0. The molecule has 2 N–H and O–H groups in total. The Morgan fingerprint density at radius 2 is 1.95 bits per heavy atom. The molecule has 2 heteroatoms. The van der Waals surface area contributed by atoms with E-state index in [1.165, 1.54) is 22.9 Å². The molecule has 0 aliphatic heterocycles. The van der Waals surface area contributed by atoms with E-state index in [-0.39, 0.29) is 5.54 Å². The number of hydrogen-bond donors (Lipinski definition) is 1. The van der Waals surface area contributed by atoms with Crippen LogP contribution in [0.5, 0.6) is 0 Å². The number of benzene rings is 1. The third-order valence-electron chi connectivity index (χ3n) is 3.61. The van der Waals surface area contributed by atoms with Crippen molar-refractivity contribution in [3.8, 4) is 0 Å². The van der Waals surface area contributed by atoms with E-state index in [1.54, 1.807) is 0 Å².